The van der Waals surface area contributed by atoms with Gasteiger partial charge >= 0.3 is 0 Å². The highest BCUT2D eigenvalue weighted by Gasteiger charge is 1.99. The van der Waals surface area contributed by atoms with Crippen LogP contribution in [-0.2, 0) is 0 Å². The smallest absolute Gasteiger partial charge is 0.129 e. The van der Waals surface area contributed by atoms with Crippen LogP contribution in [0.2, 0.25) is 0 Å². The van der Waals surface area contributed by atoms with E-state index in [9.17, 15) is 4.39 Å². The summed E-state index contributed by atoms with van der Waals surface area (Å²) in [4.78, 5) is 0. The van der Waals surface area contributed by atoms with Crippen LogP contribution >= 0.6 is 0 Å². The summed E-state index contributed by atoms with van der Waals surface area (Å²) in [5, 5.41) is 4.03. The van der Waals surface area contributed by atoms with Crippen molar-refractivity contribution in [1.29, 1.82) is 0 Å². The van der Waals surface area contributed by atoms with E-state index in [4.69, 9.17) is 4.74 Å². The summed E-state index contributed by atoms with van der Waals surface area (Å²) in [6.07, 6.45) is 1.66. The van der Waals surface area contributed by atoms with Crippen molar-refractivity contribution >= 4 is 11.9 Å². The zero-order chi connectivity index (χ0) is 12.8. The zero-order valence-electron chi connectivity index (χ0n) is 9.93. The Balaban J connectivity index is 2.06. The van der Waals surface area contributed by atoms with Crippen molar-refractivity contribution in [3.05, 3.63) is 59.9 Å². The molecule has 0 aliphatic carbocycles. The summed E-state index contributed by atoms with van der Waals surface area (Å²) in [5.41, 5.74) is 4.26. The maximum Gasteiger partial charge on any atom is 0.129 e. The van der Waals surface area contributed by atoms with Crippen LogP contribution in [0.1, 0.15) is 5.56 Å². The summed E-state index contributed by atoms with van der Waals surface area (Å²) in [6.45, 7) is 0. The monoisotopic (exact) mass is 244 g/mol. The maximum atomic E-state index is 13.2. The summed E-state index contributed by atoms with van der Waals surface area (Å²) >= 11 is 0. The molecule has 4 heteroatoms. The van der Waals surface area contributed by atoms with Crippen LogP contribution in [0.25, 0.3) is 0 Å². The van der Waals surface area contributed by atoms with Crippen LogP contribution in [-0.4, -0.2) is 13.3 Å². The minimum absolute atomic E-state index is 0.369. The second kappa shape index (κ2) is 5.82. The van der Waals surface area contributed by atoms with E-state index in [0.717, 1.165) is 5.56 Å². The van der Waals surface area contributed by atoms with Crippen LogP contribution in [0.4, 0.5) is 10.1 Å². The third kappa shape index (κ3) is 3.31. The molecule has 92 valence electrons. The number of hydrogen-bond acceptors (Lipinski definition) is 3. The van der Waals surface area contributed by atoms with Gasteiger partial charge in [-0.15, -0.1) is 0 Å². The molecule has 0 aliphatic rings. The maximum absolute atomic E-state index is 13.2. The first-order valence-corrected chi connectivity index (χ1v) is 5.46. The predicted octanol–water partition coefficient (Wildman–Crippen LogP) is 3.28. The van der Waals surface area contributed by atoms with Gasteiger partial charge in [0.05, 0.1) is 19.0 Å². The summed E-state index contributed by atoms with van der Waals surface area (Å²) < 4.78 is 18.2. The van der Waals surface area contributed by atoms with Gasteiger partial charge in [0.25, 0.3) is 0 Å². The first-order chi connectivity index (χ1) is 8.78. The number of methoxy groups -OCH3 is 1. The number of hydrogen-bond donors (Lipinski definition) is 1. The highest BCUT2D eigenvalue weighted by Crippen LogP contribution is 2.19. The van der Waals surface area contributed by atoms with Crippen molar-refractivity contribution < 1.29 is 9.13 Å². The molecule has 2 aromatic carbocycles. The van der Waals surface area contributed by atoms with E-state index in [0.29, 0.717) is 11.4 Å². The Morgan fingerprint density at radius 2 is 1.94 bits per heavy atom. The zero-order valence-corrected chi connectivity index (χ0v) is 9.93. The fraction of sp³-hybridized carbons (Fsp3) is 0.0714. The molecule has 0 atom stereocenters. The molecule has 0 amide bonds. The Hall–Kier alpha value is -2.36. The van der Waals surface area contributed by atoms with Crippen molar-refractivity contribution in [1.82, 2.24) is 0 Å². The SMILES string of the molecule is COc1cc(F)cc(N/N=C/c2ccccc2)c1. The highest BCUT2D eigenvalue weighted by atomic mass is 19.1. The van der Waals surface area contributed by atoms with E-state index < -0.39 is 0 Å². The Labute approximate surface area is 105 Å². The molecule has 1 N–H and O–H groups in total. The molecule has 2 aromatic rings. The summed E-state index contributed by atoms with van der Waals surface area (Å²) in [5.74, 6) is 0.0826. The van der Waals surface area contributed by atoms with Gasteiger partial charge in [-0.05, 0) is 11.6 Å². The van der Waals surface area contributed by atoms with Gasteiger partial charge in [-0.3, -0.25) is 5.43 Å². The van der Waals surface area contributed by atoms with E-state index in [1.807, 2.05) is 30.3 Å². The van der Waals surface area contributed by atoms with Crippen molar-refractivity contribution in [2.75, 3.05) is 12.5 Å². The highest BCUT2D eigenvalue weighted by molar-refractivity contribution is 5.80. The molecule has 0 saturated carbocycles. The van der Waals surface area contributed by atoms with Gasteiger partial charge in [-0.1, -0.05) is 30.3 Å². The van der Waals surface area contributed by atoms with Gasteiger partial charge in [-0.2, -0.15) is 5.10 Å². The van der Waals surface area contributed by atoms with E-state index >= 15 is 0 Å². The number of anilines is 1. The molecule has 0 radical (unpaired) electrons. The first kappa shape index (κ1) is 12.1. The van der Waals surface area contributed by atoms with Crippen molar-refractivity contribution in [3.8, 4) is 5.75 Å². The fourth-order valence-corrected chi connectivity index (χ4v) is 1.47. The predicted molar refractivity (Wildman–Crippen MR) is 70.6 cm³/mol. The molecular formula is C14H13FN2O. The molecule has 0 saturated heterocycles. The lowest BCUT2D eigenvalue weighted by atomic mass is 10.2. The lowest BCUT2D eigenvalue weighted by Gasteiger charge is -2.04. The number of hydrazone groups is 1. The van der Waals surface area contributed by atoms with Gasteiger partial charge in [0.1, 0.15) is 11.6 Å². The van der Waals surface area contributed by atoms with Crippen LogP contribution in [0.3, 0.4) is 0 Å². The normalized spacial score (nSPS) is 10.6. The first-order valence-electron chi connectivity index (χ1n) is 5.46. The largest absolute Gasteiger partial charge is 0.497 e. The molecule has 2 rings (SSSR count). The van der Waals surface area contributed by atoms with Crippen LogP contribution in [0.15, 0.2) is 53.6 Å². The van der Waals surface area contributed by atoms with E-state index in [1.165, 1.54) is 19.2 Å². The van der Waals surface area contributed by atoms with Crippen LogP contribution in [0.5, 0.6) is 5.75 Å². The molecule has 0 unspecified atom stereocenters. The molecular weight excluding hydrogens is 231 g/mol. The Bertz CT molecular complexity index is 541. The topological polar surface area (TPSA) is 33.6 Å². The number of rotatable bonds is 4. The van der Waals surface area contributed by atoms with Crippen LogP contribution < -0.4 is 10.2 Å². The molecule has 0 bridgehead atoms. The van der Waals surface area contributed by atoms with Gasteiger partial charge in [0, 0.05) is 12.1 Å². The average Bonchev–Trinajstić information content (AvgIpc) is 2.39. The molecule has 18 heavy (non-hydrogen) atoms. The lowest BCUT2D eigenvalue weighted by Crippen LogP contribution is -1.93. The van der Waals surface area contributed by atoms with Crippen molar-refractivity contribution in [2.24, 2.45) is 5.10 Å². The van der Waals surface area contributed by atoms with Crippen molar-refractivity contribution in [2.45, 2.75) is 0 Å². The average molecular weight is 244 g/mol. The summed E-state index contributed by atoms with van der Waals surface area (Å²) in [6, 6.07) is 14.0. The fourth-order valence-electron chi connectivity index (χ4n) is 1.47. The Morgan fingerprint density at radius 3 is 2.67 bits per heavy atom. The van der Waals surface area contributed by atoms with Gasteiger partial charge < -0.3 is 4.74 Å². The molecule has 0 fully saturated rings. The Kier molecular flexibility index (Phi) is 3.91. The molecule has 0 spiro atoms. The Morgan fingerprint density at radius 1 is 1.17 bits per heavy atom. The van der Waals surface area contributed by atoms with Crippen molar-refractivity contribution in [3.63, 3.8) is 0 Å². The van der Waals surface area contributed by atoms with E-state index in [2.05, 4.69) is 10.5 Å². The molecule has 3 nitrogen and oxygen atoms in total. The number of benzene rings is 2. The number of nitrogens with zero attached hydrogens (tertiary/aromatic N) is 1. The molecule has 0 heterocycles. The molecule has 0 aromatic heterocycles. The van der Waals surface area contributed by atoms with Gasteiger partial charge in [0.2, 0.25) is 0 Å². The third-order valence-corrected chi connectivity index (χ3v) is 2.31. The number of halogens is 1. The lowest BCUT2D eigenvalue weighted by molar-refractivity contribution is 0.411. The summed E-state index contributed by atoms with van der Waals surface area (Å²) in [7, 11) is 1.49. The van der Waals surface area contributed by atoms with Gasteiger partial charge in [-0.25, -0.2) is 4.39 Å². The number of ether oxygens (including phenoxy) is 1. The second-order valence-electron chi connectivity index (χ2n) is 3.66. The quantitative estimate of drug-likeness (QED) is 0.661. The van der Waals surface area contributed by atoms with Gasteiger partial charge in [0.15, 0.2) is 0 Å². The second-order valence-corrected chi connectivity index (χ2v) is 3.66. The minimum Gasteiger partial charge on any atom is -0.497 e. The van der Waals surface area contributed by atoms with Crippen LogP contribution in [0, 0.1) is 5.82 Å². The van der Waals surface area contributed by atoms with E-state index in [-0.39, 0.29) is 5.82 Å². The number of nitrogens with one attached hydrogen (secondary N) is 1. The van der Waals surface area contributed by atoms with E-state index in [1.54, 1.807) is 12.3 Å². The standard InChI is InChI=1S/C14H13FN2O/c1-18-14-8-12(15)7-13(9-14)17-16-10-11-5-3-2-4-6-11/h2-10,17H,1H3/b16-10+. The molecule has 0 aliphatic heterocycles. The minimum atomic E-state index is -0.369. The third-order valence-electron chi connectivity index (χ3n) is 2.31.